The highest BCUT2D eigenvalue weighted by Crippen LogP contribution is 2.20. The molecule has 0 atom stereocenters. The van der Waals surface area contributed by atoms with Gasteiger partial charge >= 0.3 is 6.03 Å². The molecule has 0 aliphatic carbocycles. The van der Waals surface area contributed by atoms with Crippen molar-refractivity contribution in [2.24, 2.45) is 0 Å². The maximum absolute atomic E-state index is 12.9. The van der Waals surface area contributed by atoms with E-state index in [-0.39, 0.29) is 10.7 Å². The zero-order chi connectivity index (χ0) is 18.6. The predicted molar refractivity (Wildman–Crippen MR) is 94.3 cm³/mol. The third-order valence-corrected chi connectivity index (χ3v) is 5.12. The molecule has 2 aromatic rings. The van der Waals surface area contributed by atoms with Crippen LogP contribution in [-0.2, 0) is 16.6 Å². The molecule has 0 radical (unpaired) electrons. The van der Waals surface area contributed by atoms with Gasteiger partial charge in [-0.05, 0) is 49.4 Å². The fourth-order valence-electron chi connectivity index (χ4n) is 2.17. The van der Waals surface area contributed by atoms with E-state index < -0.39 is 16.1 Å². The van der Waals surface area contributed by atoms with E-state index in [0.717, 1.165) is 11.1 Å². The van der Waals surface area contributed by atoms with Crippen LogP contribution in [0.3, 0.4) is 0 Å². The van der Waals surface area contributed by atoms with Gasteiger partial charge in [-0.3, -0.25) is 0 Å². The zero-order valence-corrected chi connectivity index (χ0v) is 15.0. The van der Waals surface area contributed by atoms with Crippen LogP contribution in [0.15, 0.2) is 47.4 Å². The van der Waals surface area contributed by atoms with Gasteiger partial charge in [-0.25, -0.2) is 22.3 Å². The lowest BCUT2D eigenvalue weighted by atomic mass is 10.2. The monoisotopic (exact) mass is 365 g/mol. The second-order valence-corrected chi connectivity index (χ2v) is 7.48. The fourth-order valence-corrected chi connectivity index (χ4v) is 2.92. The number of hydrogen-bond donors (Lipinski definition) is 2. The highest BCUT2D eigenvalue weighted by atomic mass is 32.2. The van der Waals surface area contributed by atoms with Crippen LogP contribution >= 0.6 is 0 Å². The first kappa shape index (κ1) is 18.9. The van der Waals surface area contributed by atoms with Gasteiger partial charge in [0.1, 0.15) is 5.82 Å². The molecule has 0 saturated carbocycles. The van der Waals surface area contributed by atoms with Crippen LogP contribution < -0.4 is 10.0 Å². The van der Waals surface area contributed by atoms with Gasteiger partial charge in [0.25, 0.3) is 0 Å². The summed E-state index contributed by atoms with van der Waals surface area (Å²) in [4.78, 5) is 13.8. The van der Waals surface area contributed by atoms with E-state index in [4.69, 9.17) is 0 Å². The second-order valence-electron chi connectivity index (χ2n) is 5.60. The molecule has 2 N–H and O–H groups in total. The van der Waals surface area contributed by atoms with E-state index in [1.165, 1.54) is 36.2 Å². The number of carbonyl (C=O) groups excluding carboxylic acids is 1. The number of urea groups is 1. The van der Waals surface area contributed by atoms with Gasteiger partial charge in [-0.1, -0.05) is 18.2 Å². The predicted octanol–water partition coefficient (Wildman–Crippen LogP) is 2.71. The molecule has 0 bridgehead atoms. The molecule has 25 heavy (non-hydrogen) atoms. The van der Waals surface area contributed by atoms with Crippen molar-refractivity contribution in [2.75, 3.05) is 19.4 Å². The van der Waals surface area contributed by atoms with Gasteiger partial charge in [0.2, 0.25) is 10.0 Å². The number of rotatable bonds is 5. The number of anilines is 1. The number of halogens is 1. The van der Waals surface area contributed by atoms with Crippen LogP contribution in [0.1, 0.15) is 11.1 Å². The number of nitrogens with one attached hydrogen (secondary N) is 2. The molecule has 6 nitrogen and oxygen atoms in total. The number of aryl methyl sites for hydroxylation is 1. The minimum Gasteiger partial charge on any atom is -0.323 e. The van der Waals surface area contributed by atoms with E-state index in [1.54, 1.807) is 32.2 Å². The summed E-state index contributed by atoms with van der Waals surface area (Å²) in [6, 6.07) is 9.97. The molecular formula is C17H20FN3O3S. The average molecular weight is 365 g/mol. The Kier molecular flexibility index (Phi) is 5.76. The normalized spacial score (nSPS) is 11.2. The number of nitrogens with zero attached hydrogens (tertiary/aromatic N) is 1. The Labute approximate surface area is 146 Å². The standard InChI is InChI=1S/C17H20FN3O3S/c1-12-4-9-15(25(23,24)19-2)10-16(12)20-17(22)21(3)11-13-5-7-14(18)8-6-13/h4-10,19H,11H2,1-3H3,(H,20,22). The molecule has 134 valence electrons. The van der Waals surface area contributed by atoms with Gasteiger partial charge in [-0.2, -0.15) is 0 Å². The van der Waals surface area contributed by atoms with Gasteiger partial charge in [0, 0.05) is 19.3 Å². The summed E-state index contributed by atoms with van der Waals surface area (Å²) >= 11 is 0. The maximum atomic E-state index is 12.9. The Balaban J connectivity index is 2.14. The minimum absolute atomic E-state index is 0.0667. The first-order valence-corrected chi connectivity index (χ1v) is 9.02. The second kappa shape index (κ2) is 7.62. The first-order chi connectivity index (χ1) is 11.7. The lowest BCUT2D eigenvalue weighted by molar-refractivity contribution is 0.220. The van der Waals surface area contributed by atoms with Crippen molar-refractivity contribution in [3.63, 3.8) is 0 Å². The lowest BCUT2D eigenvalue weighted by Gasteiger charge is -2.19. The molecule has 2 aromatic carbocycles. The molecule has 2 amide bonds. The number of hydrogen-bond acceptors (Lipinski definition) is 3. The summed E-state index contributed by atoms with van der Waals surface area (Å²) in [5, 5.41) is 2.70. The summed E-state index contributed by atoms with van der Waals surface area (Å²) in [6.45, 7) is 2.06. The molecular weight excluding hydrogens is 345 g/mol. The quantitative estimate of drug-likeness (QED) is 0.855. The Hall–Kier alpha value is -2.45. The van der Waals surface area contributed by atoms with Crippen LogP contribution in [0, 0.1) is 12.7 Å². The summed E-state index contributed by atoms with van der Waals surface area (Å²) in [6.07, 6.45) is 0. The molecule has 0 aliphatic rings. The Morgan fingerprint density at radius 2 is 1.80 bits per heavy atom. The van der Waals surface area contributed by atoms with Crippen LogP contribution in [0.5, 0.6) is 0 Å². The molecule has 2 rings (SSSR count). The maximum Gasteiger partial charge on any atom is 0.321 e. The molecule has 0 heterocycles. The fraction of sp³-hybridized carbons (Fsp3) is 0.235. The first-order valence-electron chi connectivity index (χ1n) is 7.53. The van der Waals surface area contributed by atoms with Gasteiger partial charge in [0.15, 0.2) is 0 Å². The molecule has 0 aromatic heterocycles. The van der Waals surface area contributed by atoms with E-state index >= 15 is 0 Å². The highest BCUT2D eigenvalue weighted by Gasteiger charge is 2.15. The largest absolute Gasteiger partial charge is 0.323 e. The van der Waals surface area contributed by atoms with Crippen molar-refractivity contribution >= 4 is 21.7 Å². The van der Waals surface area contributed by atoms with Gasteiger partial charge in [0.05, 0.1) is 4.90 Å². The Morgan fingerprint density at radius 3 is 2.40 bits per heavy atom. The molecule has 0 aliphatic heterocycles. The topological polar surface area (TPSA) is 78.5 Å². The number of carbonyl (C=O) groups is 1. The van der Waals surface area contributed by atoms with E-state index in [9.17, 15) is 17.6 Å². The Bertz CT molecular complexity index is 867. The van der Waals surface area contributed by atoms with Crippen molar-refractivity contribution in [1.29, 1.82) is 0 Å². The summed E-state index contributed by atoms with van der Waals surface area (Å²) in [5.74, 6) is -0.339. The van der Waals surface area contributed by atoms with Crippen LogP contribution in [0.25, 0.3) is 0 Å². The number of amides is 2. The van der Waals surface area contributed by atoms with E-state index in [0.29, 0.717) is 12.2 Å². The SMILES string of the molecule is CNS(=O)(=O)c1ccc(C)c(NC(=O)N(C)Cc2ccc(F)cc2)c1. The third kappa shape index (κ3) is 4.77. The van der Waals surface area contributed by atoms with E-state index in [2.05, 4.69) is 10.0 Å². The minimum atomic E-state index is -3.60. The molecule has 0 saturated heterocycles. The molecule has 0 unspecified atom stereocenters. The molecule has 8 heteroatoms. The Morgan fingerprint density at radius 1 is 1.16 bits per heavy atom. The van der Waals surface area contributed by atoms with E-state index in [1.807, 2.05) is 0 Å². The number of benzene rings is 2. The van der Waals surface area contributed by atoms with Crippen LogP contribution in [0.4, 0.5) is 14.9 Å². The van der Waals surface area contributed by atoms with Crippen molar-refractivity contribution in [1.82, 2.24) is 9.62 Å². The third-order valence-electron chi connectivity index (χ3n) is 3.71. The van der Waals surface area contributed by atoms with Crippen molar-refractivity contribution in [3.8, 4) is 0 Å². The lowest BCUT2D eigenvalue weighted by Crippen LogP contribution is -2.31. The van der Waals surface area contributed by atoms with Crippen LogP contribution in [-0.4, -0.2) is 33.4 Å². The smallest absolute Gasteiger partial charge is 0.321 e. The van der Waals surface area contributed by atoms with Crippen molar-refractivity contribution in [3.05, 3.63) is 59.4 Å². The highest BCUT2D eigenvalue weighted by molar-refractivity contribution is 7.89. The van der Waals surface area contributed by atoms with Crippen molar-refractivity contribution < 1.29 is 17.6 Å². The molecule has 0 fully saturated rings. The van der Waals surface area contributed by atoms with Gasteiger partial charge < -0.3 is 10.2 Å². The summed E-state index contributed by atoms with van der Waals surface area (Å²) < 4.78 is 38.9. The van der Waals surface area contributed by atoms with Crippen molar-refractivity contribution in [2.45, 2.75) is 18.4 Å². The van der Waals surface area contributed by atoms with Gasteiger partial charge in [-0.15, -0.1) is 0 Å². The number of sulfonamides is 1. The average Bonchev–Trinajstić information content (AvgIpc) is 2.58. The summed E-state index contributed by atoms with van der Waals surface area (Å²) in [5.41, 5.74) is 1.92. The van der Waals surface area contributed by atoms with Crippen LogP contribution in [0.2, 0.25) is 0 Å². The zero-order valence-electron chi connectivity index (χ0n) is 14.2. The molecule has 0 spiro atoms. The summed E-state index contributed by atoms with van der Waals surface area (Å²) in [7, 11) is -0.674.